The van der Waals surface area contributed by atoms with Crippen molar-refractivity contribution in [3.63, 3.8) is 0 Å². The number of hydrogen-bond acceptors (Lipinski definition) is 3. The summed E-state index contributed by atoms with van der Waals surface area (Å²) in [6, 6.07) is 8.11. The van der Waals surface area contributed by atoms with Crippen LogP contribution in [0.1, 0.15) is 12.5 Å². The molecule has 0 radical (unpaired) electrons. The molecule has 0 atom stereocenters. The topological polar surface area (TPSA) is 52.0 Å². The maximum absolute atomic E-state index is 5.71. The summed E-state index contributed by atoms with van der Waals surface area (Å²) in [5.74, 6) is 0.653. The Morgan fingerprint density at radius 1 is 1.43 bits per heavy atom. The normalized spacial score (nSPS) is 10.4. The first-order chi connectivity index (χ1) is 6.81. The van der Waals surface area contributed by atoms with Crippen molar-refractivity contribution < 1.29 is 4.52 Å². The summed E-state index contributed by atoms with van der Waals surface area (Å²) in [7, 11) is 0. The second-order valence-electron chi connectivity index (χ2n) is 3.16. The highest BCUT2D eigenvalue weighted by molar-refractivity contribution is 5.70. The smallest absolute Gasteiger partial charge is 0.189 e. The van der Waals surface area contributed by atoms with E-state index in [1.54, 1.807) is 0 Å². The van der Waals surface area contributed by atoms with E-state index in [0.29, 0.717) is 11.4 Å². The van der Waals surface area contributed by atoms with Gasteiger partial charge in [-0.05, 0) is 18.1 Å². The van der Waals surface area contributed by atoms with Crippen molar-refractivity contribution in [3.05, 3.63) is 36.0 Å². The molecule has 2 aromatic rings. The van der Waals surface area contributed by atoms with Crippen LogP contribution in [0.4, 0.5) is 5.69 Å². The number of hydrogen-bond donors (Lipinski definition) is 1. The molecule has 2 rings (SSSR count). The molecule has 0 aliphatic carbocycles. The number of aryl methyl sites for hydroxylation is 1. The van der Waals surface area contributed by atoms with Crippen LogP contribution in [0.5, 0.6) is 0 Å². The summed E-state index contributed by atoms with van der Waals surface area (Å²) in [6.45, 7) is 2.11. The summed E-state index contributed by atoms with van der Waals surface area (Å²) in [4.78, 5) is 0. The molecule has 0 saturated carbocycles. The van der Waals surface area contributed by atoms with Gasteiger partial charge in [-0.2, -0.15) is 0 Å². The summed E-state index contributed by atoms with van der Waals surface area (Å²) in [5, 5.41) is 3.65. The number of nitrogens with two attached hydrogens (primary N) is 1. The van der Waals surface area contributed by atoms with E-state index in [1.165, 1.54) is 11.8 Å². The minimum absolute atomic E-state index is 0.582. The number of nitrogen functional groups attached to an aromatic ring is 1. The average Bonchev–Trinajstić information content (AvgIpc) is 2.65. The van der Waals surface area contributed by atoms with Gasteiger partial charge in [-0.3, -0.25) is 0 Å². The molecule has 0 saturated heterocycles. The van der Waals surface area contributed by atoms with Gasteiger partial charge in [0.1, 0.15) is 5.69 Å². The maximum atomic E-state index is 5.71. The van der Waals surface area contributed by atoms with Crippen LogP contribution in [-0.2, 0) is 6.42 Å². The third-order valence-corrected chi connectivity index (χ3v) is 2.20. The van der Waals surface area contributed by atoms with Gasteiger partial charge in [-0.1, -0.05) is 30.3 Å². The van der Waals surface area contributed by atoms with Gasteiger partial charge in [0.05, 0.1) is 6.20 Å². The summed E-state index contributed by atoms with van der Waals surface area (Å²) >= 11 is 0. The molecule has 3 heteroatoms. The first-order valence-corrected chi connectivity index (χ1v) is 4.60. The van der Waals surface area contributed by atoms with Crippen molar-refractivity contribution >= 4 is 5.69 Å². The monoisotopic (exact) mass is 188 g/mol. The molecule has 2 N–H and O–H groups in total. The molecule has 1 aromatic carbocycles. The van der Waals surface area contributed by atoms with Crippen molar-refractivity contribution in [1.29, 1.82) is 0 Å². The van der Waals surface area contributed by atoms with Crippen molar-refractivity contribution in [2.24, 2.45) is 0 Å². The molecule has 0 aliphatic rings. The van der Waals surface area contributed by atoms with E-state index < -0.39 is 0 Å². The fourth-order valence-corrected chi connectivity index (χ4v) is 1.40. The van der Waals surface area contributed by atoms with Crippen LogP contribution in [0, 0.1) is 0 Å². The van der Waals surface area contributed by atoms with Crippen molar-refractivity contribution in [1.82, 2.24) is 5.16 Å². The zero-order valence-electron chi connectivity index (χ0n) is 8.03. The van der Waals surface area contributed by atoms with E-state index in [4.69, 9.17) is 10.3 Å². The predicted molar refractivity (Wildman–Crippen MR) is 55.7 cm³/mol. The zero-order chi connectivity index (χ0) is 9.97. The number of benzene rings is 1. The fourth-order valence-electron chi connectivity index (χ4n) is 1.40. The first-order valence-electron chi connectivity index (χ1n) is 4.60. The van der Waals surface area contributed by atoms with Gasteiger partial charge in [0.2, 0.25) is 0 Å². The molecule has 0 spiro atoms. The molecule has 1 heterocycles. The maximum Gasteiger partial charge on any atom is 0.189 e. The van der Waals surface area contributed by atoms with E-state index in [1.807, 2.05) is 12.1 Å². The molecule has 0 unspecified atom stereocenters. The van der Waals surface area contributed by atoms with Crippen LogP contribution in [-0.4, -0.2) is 5.16 Å². The minimum atomic E-state index is 0.582. The highest BCUT2D eigenvalue weighted by atomic mass is 16.5. The van der Waals surface area contributed by atoms with Gasteiger partial charge in [-0.25, -0.2) is 0 Å². The van der Waals surface area contributed by atoms with Gasteiger partial charge in [0.15, 0.2) is 5.76 Å². The van der Waals surface area contributed by atoms with E-state index in [0.717, 1.165) is 12.0 Å². The Kier molecular flexibility index (Phi) is 2.23. The van der Waals surface area contributed by atoms with Crippen LogP contribution < -0.4 is 5.73 Å². The van der Waals surface area contributed by atoms with Gasteiger partial charge >= 0.3 is 0 Å². The lowest BCUT2D eigenvalue weighted by Gasteiger charge is -2.00. The lowest BCUT2D eigenvalue weighted by Crippen LogP contribution is -1.86. The lowest BCUT2D eigenvalue weighted by molar-refractivity contribution is 0.432. The first kappa shape index (κ1) is 8.81. The van der Waals surface area contributed by atoms with E-state index in [9.17, 15) is 0 Å². The Labute approximate surface area is 82.5 Å². The molecule has 0 fully saturated rings. The average molecular weight is 188 g/mol. The lowest BCUT2D eigenvalue weighted by atomic mass is 10.1. The van der Waals surface area contributed by atoms with Crippen LogP contribution in [0.2, 0.25) is 0 Å². The van der Waals surface area contributed by atoms with Crippen LogP contribution in [0.15, 0.2) is 35.0 Å². The number of nitrogens with zero attached hydrogens (tertiary/aromatic N) is 1. The molecule has 14 heavy (non-hydrogen) atoms. The largest absolute Gasteiger partial charge is 0.394 e. The molecule has 0 amide bonds. The Hall–Kier alpha value is -1.77. The number of rotatable bonds is 2. The second kappa shape index (κ2) is 3.54. The third kappa shape index (κ3) is 1.48. The fraction of sp³-hybridized carbons (Fsp3) is 0.182. The quantitative estimate of drug-likeness (QED) is 0.787. The molecule has 0 aliphatic heterocycles. The van der Waals surface area contributed by atoms with Crippen molar-refractivity contribution in [2.75, 3.05) is 5.73 Å². The van der Waals surface area contributed by atoms with E-state index in [-0.39, 0.29) is 0 Å². The van der Waals surface area contributed by atoms with Gasteiger partial charge in [0, 0.05) is 5.56 Å². The third-order valence-electron chi connectivity index (χ3n) is 2.20. The molecule has 72 valence electrons. The SMILES string of the molecule is CCc1cccc(-c2oncc2N)c1. The van der Waals surface area contributed by atoms with E-state index >= 15 is 0 Å². The summed E-state index contributed by atoms with van der Waals surface area (Å²) in [6.07, 6.45) is 2.52. The van der Waals surface area contributed by atoms with Gasteiger partial charge < -0.3 is 10.3 Å². The summed E-state index contributed by atoms with van der Waals surface area (Å²) in [5.41, 5.74) is 8.54. The molecule has 1 aromatic heterocycles. The predicted octanol–water partition coefficient (Wildman–Crippen LogP) is 2.49. The summed E-state index contributed by atoms with van der Waals surface area (Å²) < 4.78 is 5.07. The Bertz CT molecular complexity index is 434. The Balaban J connectivity index is 2.47. The Morgan fingerprint density at radius 3 is 2.93 bits per heavy atom. The van der Waals surface area contributed by atoms with Crippen LogP contribution in [0.3, 0.4) is 0 Å². The Morgan fingerprint density at radius 2 is 2.29 bits per heavy atom. The minimum Gasteiger partial charge on any atom is -0.394 e. The van der Waals surface area contributed by atoms with E-state index in [2.05, 4.69) is 24.2 Å². The second-order valence-corrected chi connectivity index (χ2v) is 3.16. The van der Waals surface area contributed by atoms with Gasteiger partial charge in [-0.15, -0.1) is 0 Å². The molecule has 3 nitrogen and oxygen atoms in total. The highest BCUT2D eigenvalue weighted by Crippen LogP contribution is 2.25. The molecule has 0 bridgehead atoms. The number of aromatic nitrogens is 1. The highest BCUT2D eigenvalue weighted by Gasteiger charge is 2.07. The zero-order valence-corrected chi connectivity index (χ0v) is 8.03. The molecular weight excluding hydrogens is 176 g/mol. The van der Waals surface area contributed by atoms with Crippen LogP contribution in [0.25, 0.3) is 11.3 Å². The van der Waals surface area contributed by atoms with Crippen molar-refractivity contribution in [2.45, 2.75) is 13.3 Å². The van der Waals surface area contributed by atoms with Crippen LogP contribution >= 0.6 is 0 Å². The number of anilines is 1. The van der Waals surface area contributed by atoms with Crippen molar-refractivity contribution in [3.8, 4) is 11.3 Å². The van der Waals surface area contributed by atoms with Gasteiger partial charge in [0.25, 0.3) is 0 Å². The standard InChI is InChI=1S/C11H12N2O/c1-2-8-4-3-5-9(6-8)11-10(12)7-13-14-11/h3-7H,2,12H2,1H3. The molecular formula is C11H12N2O.